The second-order valence-electron chi connectivity index (χ2n) is 6.01. The van der Waals surface area contributed by atoms with Gasteiger partial charge in [-0.25, -0.2) is 0 Å². The maximum atomic E-state index is 11.3. The molecule has 0 heterocycles. The van der Waals surface area contributed by atoms with Gasteiger partial charge in [0.15, 0.2) is 0 Å². The highest BCUT2D eigenvalue weighted by Gasteiger charge is 2.25. The molecule has 2 aromatic carbocycles. The number of carbonyl (C=O) groups excluding carboxylic acids is 1. The zero-order valence-electron chi connectivity index (χ0n) is 16.0. The number of benzene rings is 2. The average molecular weight is 423 g/mol. The Morgan fingerprint density at radius 2 is 1.79 bits per heavy atom. The van der Waals surface area contributed by atoms with Crippen LogP contribution in [0.3, 0.4) is 0 Å². The van der Waals surface area contributed by atoms with Crippen LogP contribution in [0, 0.1) is 10.1 Å². The van der Waals surface area contributed by atoms with Crippen molar-refractivity contribution in [3.8, 4) is 11.5 Å². The molecule has 0 bridgehead atoms. The summed E-state index contributed by atoms with van der Waals surface area (Å²) in [5.74, 6) is -1.05. The van der Waals surface area contributed by atoms with Crippen molar-refractivity contribution < 1.29 is 24.4 Å². The molecule has 1 amide bonds. The van der Waals surface area contributed by atoms with E-state index in [1.165, 1.54) is 12.5 Å². The van der Waals surface area contributed by atoms with Crippen molar-refractivity contribution in [1.29, 1.82) is 0 Å². The first-order chi connectivity index (χ1) is 13.8. The van der Waals surface area contributed by atoms with Gasteiger partial charge in [-0.05, 0) is 24.6 Å². The van der Waals surface area contributed by atoms with E-state index in [-0.39, 0.29) is 16.3 Å². The molecule has 0 saturated heterocycles. The smallest absolute Gasteiger partial charge is 0.303 e. The standard InChI is InChI=1S/C13H9ClN2O4.C7H14O2/c14-12-10(20-8-4-2-1-3-5-8)7-6-9(16(18)19)11(12)13(15)17;1-2-3-4-5-6-7(8)9/h1-7H,(H2,15,17);2-6H2,1H3,(H,8,9). The number of nitro benzene ring substituents is 1. The van der Waals surface area contributed by atoms with Crippen molar-refractivity contribution >= 4 is 29.2 Å². The summed E-state index contributed by atoms with van der Waals surface area (Å²) in [6.45, 7) is 2.11. The molecule has 8 nitrogen and oxygen atoms in total. The van der Waals surface area contributed by atoms with E-state index in [1.54, 1.807) is 30.3 Å². The third-order valence-electron chi connectivity index (χ3n) is 3.74. The lowest BCUT2D eigenvalue weighted by atomic mass is 10.1. The van der Waals surface area contributed by atoms with Gasteiger partial charge in [0.25, 0.3) is 11.6 Å². The minimum atomic E-state index is -0.986. The highest BCUT2D eigenvalue weighted by molar-refractivity contribution is 6.35. The first-order valence-corrected chi connectivity index (χ1v) is 9.37. The minimum absolute atomic E-state index is 0.122. The summed E-state index contributed by atoms with van der Waals surface area (Å²) in [5.41, 5.74) is 4.31. The Labute approximate surface area is 173 Å². The molecule has 0 fully saturated rings. The van der Waals surface area contributed by atoms with Crippen LogP contribution in [0.4, 0.5) is 5.69 Å². The number of nitrogens with two attached hydrogens (primary N) is 1. The summed E-state index contributed by atoms with van der Waals surface area (Å²) >= 11 is 5.97. The largest absolute Gasteiger partial charge is 0.481 e. The van der Waals surface area contributed by atoms with Crippen LogP contribution in [0.2, 0.25) is 5.02 Å². The van der Waals surface area contributed by atoms with Gasteiger partial charge in [-0.1, -0.05) is 56.0 Å². The van der Waals surface area contributed by atoms with Crippen molar-refractivity contribution in [2.75, 3.05) is 0 Å². The van der Waals surface area contributed by atoms with Crippen LogP contribution in [0.1, 0.15) is 49.4 Å². The molecule has 29 heavy (non-hydrogen) atoms. The van der Waals surface area contributed by atoms with Gasteiger partial charge in [-0.15, -0.1) is 0 Å². The number of ether oxygens (including phenoxy) is 1. The van der Waals surface area contributed by atoms with Gasteiger partial charge >= 0.3 is 5.97 Å². The first kappa shape index (κ1) is 23.9. The molecule has 0 spiro atoms. The van der Waals surface area contributed by atoms with Crippen molar-refractivity contribution in [3.63, 3.8) is 0 Å². The fraction of sp³-hybridized carbons (Fsp3) is 0.300. The highest BCUT2D eigenvalue weighted by Crippen LogP contribution is 2.36. The van der Waals surface area contributed by atoms with E-state index < -0.39 is 22.5 Å². The maximum Gasteiger partial charge on any atom is 0.303 e. The molecule has 0 atom stereocenters. The molecule has 156 valence electrons. The average Bonchev–Trinajstić information content (AvgIpc) is 2.67. The first-order valence-electron chi connectivity index (χ1n) is 8.99. The van der Waals surface area contributed by atoms with E-state index in [4.69, 9.17) is 27.2 Å². The van der Waals surface area contributed by atoms with Crippen LogP contribution in [0.25, 0.3) is 0 Å². The van der Waals surface area contributed by atoms with Crippen molar-refractivity contribution in [2.45, 2.75) is 39.0 Å². The van der Waals surface area contributed by atoms with Gasteiger partial charge in [0.2, 0.25) is 0 Å². The lowest BCUT2D eigenvalue weighted by molar-refractivity contribution is -0.385. The Bertz CT molecular complexity index is 842. The second-order valence-corrected chi connectivity index (χ2v) is 6.39. The molecular weight excluding hydrogens is 400 g/mol. The zero-order valence-corrected chi connectivity index (χ0v) is 16.7. The van der Waals surface area contributed by atoms with Crippen LogP contribution < -0.4 is 10.5 Å². The van der Waals surface area contributed by atoms with Crippen LogP contribution in [-0.2, 0) is 4.79 Å². The molecule has 0 aliphatic carbocycles. The van der Waals surface area contributed by atoms with Crippen LogP contribution in [-0.4, -0.2) is 21.9 Å². The molecule has 0 unspecified atom stereocenters. The Morgan fingerprint density at radius 3 is 2.31 bits per heavy atom. The van der Waals surface area contributed by atoms with Gasteiger partial charge in [-0.2, -0.15) is 0 Å². The molecule has 9 heteroatoms. The Hall–Kier alpha value is -3.13. The lowest BCUT2D eigenvalue weighted by Crippen LogP contribution is -2.14. The van der Waals surface area contributed by atoms with Gasteiger partial charge in [0, 0.05) is 12.5 Å². The van der Waals surface area contributed by atoms with Crippen molar-refractivity contribution in [2.24, 2.45) is 5.73 Å². The van der Waals surface area contributed by atoms with Crippen LogP contribution >= 0.6 is 11.6 Å². The number of nitro groups is 1. The second kappa shape index (κ2) is 12.4. The Morgan fingerprint density at radius 1 is 1.14 bits per heavy atom. The van der Waals surface area contributed by atoms with Crippen LogP contribution in [0.15, 0.2) is 42.5 Å². The molecule has 0 radical (unpaired) electrons. The summed E-state index contributed by atoms with van der Waals surface area (Å²) in [6, 6.07) is 11.1. The van der Waals surface area contributed by atoms with E-state index in [2.05, 4.69) is 6.92 Å². The predicted octanol–water partition coefficient (Wildman–Crippen LogP) is 5.18. The number of carboxylic acids is 1. The normalized spacial score (nSPS) is 9.86. The van der Waals surface area contributed by atoms with Gasteiger partial charge in [0.05, 0.1) is 4.92 Å². The predicted molar refractivity (Wildman–Crippen MR) is 110 cm³/mol. The lowest BCUT2D eigenvalue weighted by Gasteiger charge is -2.09. The van der Waals surface area contributed by atoms with E-state index >= 15 is 0 Å². The van der Waals surface area contributed by atoms with Crippen LogP contribution in [0.5, 0.6) is 11.5 Å². The van der Waals surface area contributed by atoms with Gasteiger partial charge in [-0.3, -0.25) is 19.7 Å². The summed E-state index contributed by atoms with van der Waals surface area (Å²) in [6.07, 6.45) is 4.55. The topological polar surface area (TPSA) is 133 Å². The number of amides is 1. The number of primary amides is 1. The Kier molecular flexibility index (Phi) is 10.2. The van der Waals surface area contributed by atoms with Crippen molar-refractivity contribution in [3.05, 3.63) is 63.2 Å². The maximum absolute atomic E-state index is 11.3. The summed E-state index contributed by atoms with van der Waals surface area (Å²) in [4.78, 5) is 31.4. The molecule has 0 aliphatic rings. The van der Waals surface area contributed by atoms with Gasteiger partial charge < -0.3 is 15.6 Å². The SMILES string of the molecule is CCCCCCC(=O)O.NC(=O)c1c([N+](=O)[O-])ccc(Oc2ccccc2)c1Cl. The third-order valence-corrected chi connectivity index (χ3v) is 4.12. The number of carboxylic acid groups (broad SMARTS) is 1. The molecule has 3 N–H and O–H groups in total. The molecule has 2 rings (SSSR count). The number of para-hydroxylation sites is 1. The summed E-state index contributed by atoms with van der Waals surface area (Å²) in [7, 11) is 0. The fourth-order valence-corrected chi connectivity index (χ4v) is 2.62. The zero-order chi connectivity index (χ0) is 21.8. The van der Waals surface area contributed by atoms with E-state index in [1.807, 2.05) is 0 Å². The number of hydrogen-bond acceptors (Lipinski definition) is 5. The number of halogens is 1. The monoisotopic (exact) mass is 422 g/mol. The summed E-state index contributed by atoms with van der Waals surface area (Å²) in [5, 5.41) is 18.9. The van der Waals surface area contributed by atoms with E-state index in [0.717, 1.165) is 25.3 Å². The van der Waals surface area contributed by atoms with Gasteiger partial charge in [0.1, 0.15) is 22.1 Å². The van der Waals surface area contributed by atoms with E-state index in [0.29, 0.717) is 12.2 Å². The molecule has 0 aliphatic heterocycles. The Balaban J connectivity index is 0.000000396. The third kappa shape index (κ3) is 8.18. The number of nitrogens with zero attached hydrogens (tertiary/aromatic N) is 1. The number of rotatable bonds is 9. The quantitative estimate of drug-likeness (QED) is 0.325. The molecule has 2 aromatic rings. The fourth-order valence-electron chi connectivity index (χ4n) is 2.33. The highest BCUT2D eigenvalue weighted by atomic mass is 35.5. The summed E-state index contributed by atoms with van der Waals surface area (Å²) < 4.78 is 5.47. The molecule has 0 aromatic heterocycles. The minimum Gasteiger partial charge on any atom is -0.481 e. The number of hydrogen-bond donors (Lipinski definition) is 2. The van der Waals surface area contributed by atoms with Crippen molar-refractivity contribution in [1.82, 2.24) is 0 Å². The molecule has 0 saturated carbocycles. The molecular formula is C20H23ClN2O6. The number of unbranched alkanes of at least 4 members (excludes halogenated alkanes) is 3. The number of aliphatic carboxylic acids is 1. The van der Waals surface area contributed by atoms with E-state index in [9.17, 15) is 19.7 Å². The number of carbonyl (C=O) groups is 2.